The summed E-state index contributed by atoms with van der Waals surface area (Å²) >= 11 is 6.03. The Kier molecular flexibility index (Phi) is 4.48. The molecule has 1 aromatic heterocycles. The number of nitrogens with zero attached hydrogens (tertiary/aromatic N) is 2. The Bertz CT molecular complexity index is 342. The zero-order valence-corrected chi connectivity index (χ0v) is 10.4. The summed E-state index contributed by atoms with van der Waals surface area (Å²) in [6.07, 6.45) is 1.69. The first kappa shape index (κ1) is 12.4. The predicted octanol–water partition coefficient (Wildman–Crippen LogP) is 2.58. The van der Waals surface area contributed by atoms with E-state index in [2.05, 4.69) is 16.9 Å². The molecule has 0 aliphatic carbocycles. The molecule has 0 aliphatic heterocycles. The van der Waals surface area contributed by atoms with Gasteiger partial charge in [0.15, 0.2) is 0 Å². The van der Waals surface area contributed by atoms with Crippen LogP contribution < -0.4 is 0 Å². The summed E-state index contributed by atoms with van der Waals surface area (Å²) in [5, 5.41) is 0.556. The van der Waals surface area contributed by atoms with Gasteiger partial charge in [-0.1, -0.05) is 18.5 Å². The number of hydrogen-bond donors (Lipinski definition) is 0. The fraction of sp³-hybridized carbons (Fsp3) is 0.636. The molecule has 1 unspecified atom stereocenters. The fourth-order valence-corrected chi connectivity index (χ4v) is 1.56. The maximum Gasteiger partial charge on any atom is 0.135 e. The summed E-state index contributed by atoms with van der Waals surface area (Å²) in [7, 11) is 1.68. The lowest BCUT2D eigenvalue weighted by atomic mass is 10.2. The molecule has 0 aliphatic rings. The van der Waals surface area contributed by atoms with Crippen LogP contribution in [0.3, 0.4) is 0 Å². The van der Waals surface area contributed by atoms with Crippen molar-refractivity contribution in [1.29, 1.82) is 0 Å². The van der Waals surface area contributed by atoms with E-state index in [0.29, 0.717) is 11.6 Å². The van der Waals surface area contributed by atoms with Gasteiger partial charge in [-0.05, 0) is 20.3 Å². The van der Waals surface area contributed by atoms with E-state index in [4.69, 9.17) is 16.3 Å². The maximum absolute atomic E-state index is 6.03. The Balaban J connectivity index is 2.95. The van der Waals surface area contributed by atoms with Crippen LogP contribution in [0.1, 0.15) is 30.9 Å². The van der Waals surface area contributed by atoms with E-state index in [1.54, 1.807) is 7.11 Å². The Labute approximate surface area is 95.8 Å². The molecule has 15 heavy (non-hydrogen) atoms. The van der Waals surface area contributed by atoms with Crippen LogP contribution >= 0.6 is 11.6 Å². The highest BCUT2D eigenvalue weighted by molar-refractivity contribution is 6.30. The SMILES string of the molecule is CCc1nc(CC(C)OC)nc(Cl)c1C. The summed E-state index contributed by atoms with van der Waals surface area (Å²) in [5.41, 5.74) is 2.00. The van der Waals surface area contributed by atoms with Crippen molar-refractivity contribution >= 4 is 11.6 Å². The van der Waals surface area contributed by atoms with Crippen molar-refractivity contribution in [1.82, 2.24) is 9.97 Å². The van der Waals surface area contributed by atoms with Crippen LogP contribution in [0.2, 0.25) is 5.15 Å². The average molecular weight is 229 g/mol. The minimum atomic E-state index is 0.119. The maximum atomic E-state index is 6.03. The second kappa shape index (κ2) is 5.42. The molecular formula is C11H17ClN2O. The number of methoxy groups -OCH3 is 1. The molecule has 0 amide bonds. The van der Waals surface area contributed by atoms with Gasteiger partial charge in [-0.15, -0.1) is 0 Å². The number of aryl methyl sites for hydroxylation is 1. The van der Waals surface area contributed by atoms with Crippen molar-refractivity contribution < 1.29 is 4.74 Å². The average Bonchev–Trinajstić information content (AvgIpc) is 2.22. The lowest BCUT2D eigenvalue weighted by Crippen LogP contribution is -2.13. The summed E-state index contributed by atoms with van der Waals surface area (Å²) in [4.78, 5) is 8.71. The standard InChI is InChI=1S/C11H17ClN2O/c1-5-9-8(3)11(12)14-10(13-9)6-7(2)15-4/h7H,5-6H2,1-4H3. The largest absolute Gasteiger partial charge is 0.381 e. The highest BCUT2D eigenvalue weighted by atomic mass is 35.5. The molecule has 0 radical (unpaired) electrons. The van der Waals surface area contributed by atoms with Gasteiger partial charge in [-0.3, -0.25) is 0 Å². The Morgan fingerprint density at radius 2 is 2.07 bits per heavy atom. The normalized spacial score (nSPS) is 12.9. The quantitative estimate of drug-likeness (QED) is 0.743. The molecule has 0 fully saturated rings. The second-order valence-corrected chi connectivity index (χ2v) is 3.96. The molecular weight excluding hydrogens is 212 g/mol. The van der Waals surface area contributed by atoms with Crippen LogP contribution in [0.25, 0.3) is 0 Å². The number of ether oxygens (including phenoxy) is 1. The monoisotopic (exact) mass is 228 g/mol. The first-order valence-electron chi connectivity index (χ1n) is 5.13. The van der Waals surface area contributed by atoms with E-state index in [1.165, 1.54) is 0 Å². The van der Waals surface area contributed by atoms with Crippen LogP contribution in [-0.2, 0) is 17.6 Å². The van der Waals surface area contributed by atoms with Crippen LogP contribution in [0, 0.1) is 6.92 Å². The summed E-state index contributed by atoms with van der Waals surface area (Å²) in [6.45, 7) is 6.00. The van der Waals surface area contributed by atoms with Crippen LogP contribution in [0.15, 0.2) is 0 Å². The molecule has 1 rings (SSSR count). The van der Waals surface area contributed by atoms with Gasteiger partial charge in [-0.25, -0.2) is 9.97 Å². The van der Waals surface area contributed by atoms with Crippen molar-refractivity contribution in [2.24, 2.45) is 0 Å². The van der Waals surface area contributed by atoms with Crippen LogP contribution in [0.4, 0.5) is 0 Å². The molecule has 3 nitrogen and oxygen atoms in total. The fourth-order valence-electron chi connectivity index (χ4n) is 1.36. The molecule has 84 valence electrons. The van der Waals surface area contributed by atoms with Crippen LogP contribution in [0.5, 0.6) is 0 Å². The van der Waals surface area contributed by atoms with Crippen molar-refractivity contribution in [3.63, 3.8) is 0 Å². The number of aromatic nitrogens is 2. The van der Waals surface area contributed by atoms with Crippen molar-refractivity contribution in [2.45, 2.75) is 39.7 Å². The van der Waals surface area contributed by atoms with E-state index in [9.17, 15) is 0 Å². The summed E-state index contributed by atoms with van der Waals surface area (Å²) in [6, 6.07) is 0. The molecule has 0 N–H and O–H groups in total. The van der Waals surface area contributed by atoms with Crippen molar-refractivity contribution in [3.05, 3.63) is 22.2 Å². The molecule has 0 saturated carbocycles. The molecule has 4 heteroatoms. The minimum Gasteiger partial charge on any atom is -0.381 e. The Morgan fingerprint density at radius 1 is 1.40 bits per heavy atom. The van der Waals surface area contributed by atoms with Gasteiger partial charge < -0.3 is 4.74 Å². The Morgan fingerprint density at radius 3 is 2.60 bits per heavy atom. The topological polar surface area (TPSA) is 35.0 Å². The van der Waals surface area contributed by atoms with Gasteiger partial charge in [0.2, 0.25) is 0 Å². The molecule has 0 aromatic carbocycles. The molecule has 0 saturated heterocycles. The molecule has 1 heterocycles. The smallest absolute Gasteiger partial charge is 0.135 e. The first-order chi connectivity index (χ1) is 7.08. The van der Waals surface area contributed by atoms with Gasteiger partial charge in [0, 0.05) is 24.8 Å². The Hall–Kier alpha value is -0.670. The van der Waals surface area contributed by atoms with Gasteiger partial charge in [0.05, 0.1) is 6.10 Å². The number of rotatable bonds is 4. The highest BCUT2D eigenvalue weighted by Crippen LogP contribution is 2.16. The van der Waals surface area contributed by atoms with Crippen LogP contribution in [-0.4, -0.2) is 23.2 Å². The lowest BCUT2D eigenvalue weighted by molar-refractivity contribution is 0.117. The molecule has 1 aromatic rings. The zero-order chi connectivity index (χ0) is 11.4. The third-order valence-corrected chi connectivity index (χ3v) is 2.81. The summed E-state index contributed by atoms with van der Waals surface area (Å²) in [5.74, 6) is 0.761. The van der Waals surface area contributed by atoms with E-state index in [1.807, 2.05) is 13.8 Å². The first-order valence-corrected chi connectivity index (χ1v) is 5.51. The van der Waals surface area contributed by atoms with Gasteiger partial charge >= 0.3 is 0 Å². The predicted molar refractivity (Wildman–Crippen MR) is 61.3 cm³/mol. The van der Waals surface area contributed by atoms with Crippen molar-refractivity contribution in [3.8, 4) is 0 Å². The molecule has 0 bridgehead atoms. The van der Waals surface area contributed by atoms with Gasteiger partial charge in [-0.2, -0.15) is 0 Å². The van der Waals surface area contributed by atoms with E-state index < -0.39 is 0 Å². The van der Waals surface area contributed by atoms with E-state index >= 15 is 0 Å². The zero-order valence-electron chi connectivity index (χ0n) is 9.67. The molecule has 0 spiro atoms. The van der Waals surface area contributed by atoms with Gasteiger partial charge in [0.25, 0.3) is 0 Å². The second-order valence-electron chi connectivity index (χ2n) is 3.61. The third-order valence-electron chi connectivity index (χ3n) is 2.44. The number of halogens is 1. The van der Waals surface area contributed by atoms with Gasteiger partial charge in [0.1, 0.15) is 11.0 Å². The minimum absolute atomic E-state index is 0.119. The summed E-state index contributed by atoms with van der Waals surface area (Å²) < 4.78 is 5.17. The highest BCUT2D eigenvalue weighted by Gasteiger charge is 2.10. The number of hydrogen-bond acceptors (Lipinski definition) is 3. The lowest BCUT2D eigenvalue weighted by Gasteiger charge is -2.11. The van der Waals surface area contributed by atoms with Crippen molar-refractivity contribution in [2.75, 3.05) is 7.11 Å². The molecule has 1 atom stereocenters. The third kappa shape index (κ3) is 3.14. The van der Waals surface area contributed by atoms with E-state index in [-0.39, 0.29) is 6.10 Å². The van der Waals surface area contributed by atoms with E-state index in [0.717, 1.165) is 23.5 Å².